The topological polar surface area (TPSA) is 104 Å². The van der Waals surface area contributed by atoms with Crippen LogP contribution in [0.5, 0.6) is 0 Å². The highest BCUT2D eigenvalue weighted by atomic mass is 16.5. The molecule has 8 nitrogen and oxygen atoms in total. The van der Waals surface area contributed by atoms with Crippen LogP contribution in [0.25, 0.3) is 4.85 Å². The van der Waals surface area contributed by atoms with Gasteiger partial charge < -0.3 is 14.1 Å². The van der Waals surface area contributed by atoms with E-state index in [0.29, 0.717) is 11.7 Å². The molecule has 0 saturated heterocycles. The van der Waals surface area contributed by atoms with Gasteiger partial charge in [0.15, 0.2) is 17.4 Å². The third-order valence-electron chi connectivity index (χ3n) is 13.2. The molecule has 43 heavy (non-hydrogen) atoms. The van der Waals surface area contributed by atoms with Gasteiger partial charge in [0.25, 0.3) is 0 Å². The lowest BCUT2D eigenvalue weighted by Crippen LogP contribution is -2.66. The number of esters is 1. The Hall–Kier alpha value is -3.08. The van der Waals surface area contributed by atoms with Gasteiger partial charge in [0.05, 0.1) is 17.4 Å². The van der Waals surface area contributed by atoms with E-state index in [-0.39, 0.29) is 63.3 Å². The molecule has 0 amide bonds. The first-order chi connectivity index (χ1) is 20.0. The molecule has 3 saturated carbocycles. The van der Waals surface area contributed by atoms with Crippen LogP contribution in [-0.4, -0.2) is 34.3 Å². The van der Waals surface area contributed by atoms with E-state index in [1.807, 2.05) is 26.0 Å². The van der Waals surface area contributed by atoms with E-state index in [0.717, 1.165) is 50.5 Å². The molecular formula is C35H45N3O5. The van der Waals surface area contributed by atoms with Crippen LogP contribution >= 0.6 is 0 Å². The summed E-state index contributed by atoms with van der Waals surface area (Å²) in [6, 6.07) is 0. The molecule has 0 bridgehead atoms. The number of fused-ring (bicyclic) bond motifs is 7. The predicted octanol–water partition coefficient (Wildman–Crippen LogP) is 6.75. The predicted molar refractivity (Wildman–Crippen MR) is 159 cm³/mol. The highest BCUT2D eigenvalue weighted by Gasteiger charge is 2.71. The molecule has 5 aliphatic carbocycles. The fourth-order valence-corrected chi connectivity index (χ4v) is 10.7. The number of Topliss-reactive ketones (excluding diaryl/α,β-unsaturated/α-hetero) is 1. The minimum Gasteiger partial charge on any atom is -0.465 e. The molecule has 0 N–H and O–H groups in total. The van der Waals surface area contributed by atoms with Gasteiger partial charge in [-0.15, -0.1) is 0 Å². The van der Waals surface area contributed by atoms with Crippen LogP contribution in [0.3, 0.4) is 0 Å². The lowest BCUT2D eigenvalue weighted by molar-refractivity contribution is -0.165. The Morgan fingerprint density at radius 3 is 2.42 bits per heavy atom. The van der Waals surface area contributed by atoms with Gasteiger partial charge in [0.1, 0.15) is 6.61 Å². The van der Waals surface area contributed by atoms with Crippen molar-refractivity contribution >= 4 is 17.5 Å². The van der Waals surface area contributed by atoms with Gasteiger partial charge >= 0.3 is 5.97 Å². The van der Waals surface area contributed by atoms with Gasteiger partial charge in [-0.3, -0.25) is 9.59 Å². The molecule has 0 spiro atoms. The summed E-state index contributed by atoms with van der Waals surface area (Å²) in [6.45, 7) is 24.2. The number of hydrogen-bond acceptors (Lipinski definition) is 7. The number of ether oxygens (including phenoxy) is 1. The summed E-state index contributed by atoms with van der Waals surface area (Å²) in [4.78, 5) is 48.7. The number of aromatic nitrogens is 2. The number of allylic oxidation sites excluding steroid dienone is 4. The number of ketones is 2. The second-order valence-corrected chi connectivity index (χ2v) is 16.0. The van der Waals surface area contributed by atoms with Crippen molar-refractivity contribution in [3.63, 3.8) is 0 Å². The summed E-state index contributed by atoms with van der Waals surface area (Å²) >= 11 is 0. The van der Waals surface area contributed by atoms with Gasteiger partial charge in [-0.05, 0) is 86.0 Å². The second-order valence-electron chi connectivity index (χ2n) is 16.0. The van der Waals surface area contributed by atoms with Crippen LogP contribution in [-0.2, 0) is 24.5 Å². The quantitative estimate of drug-likeness (QED) is 0.285. The maximum Gasteiger partial charge on any atom is 0.302 e. The molecule has 0 radical (unpaired) electrons. The first kappa shape index (κ1) is 30.0. The summed E-state index contributed by atoms with van der Waals surface area (Å²) < 4.78 is 11.4. The monoisotopic (exact) mass is 587 g/mol. The maximum atomic E-state index is 14.7. The lowest BCUT2D eigenvalue weighted by atomic mass is 9.34. The second kappa shape index (κ2) is 9.22. The van der Waals surface area contributed by atoms with Gasteiger partial charge in [-0.2, -0.15) is 4.98 Å². The summed E-state index contributed by atoms with van der Waals surface area (Å²) in [7, 11) is 0. The Balaban J connectivity index is 1.51. The van der Waals surface area contributed by atoms with E-state index < -0.39 is 16.8 Å². The number of carbonyl (C=O) groups excluding carboxylic acids is 3. The Labute approximate surface area is 254 Å². The maximum absolute atomic E-state index is 14.7. The number of carbonyl (C=O) groups is 3. The smallest absolute Gasteiger partial charge is 0.302 e. The summed E-state index contributed by atoms with van der Waals surface area (Å²) in [5, 5.41) is 4.18. The van der Waals surface area contributed by atoms with Crippen LogP contribution in [0.4, 0.5) is 0 Å². The summed E-state index contributed by atoms with van der Waals surface area (Å²) in [5.41, 5.74) is -1.56. The number of nitrogens with zero attached hydrogens (tertiary/aromatic N) is 3. The molecule has 0 unspecified atom stereocenters. The van der Waals surface area contributed by atoms with E-state index in [2.05, 4.69) is 44.6 Å². The van der Waals surface area contributed by atoms with Crippen LogP contribution in [0.1, 0.15) is 105 Å². The van der Waals surface area contributed by atoms with E-state index in [4.69, 9.17) is 20.8 Å². The largest absolute Gasteiger partial charge is 0.465 e. The van der Waals surface area contributed by atoms with Crippen LogP contribution in [0, 0.1) is 58.3 Å². The molecule has 1 aromatic rings. The molecule has 8 heteroatoms. The van der Waals surface area contributed by atoms with E-state index >= 15 is 0 Å². The molecule has 230 valence electrons. The summed E-state index contributed by atoms with van der Waals surface area (Å²) in [6.07, 6.45) is 9.88. The zero-order valence-corrected chi connectivity index (χ0v) is 26.9. The van der Waals surface area contributed by atoms with Crippen molar-refractivity contribution < 1.29 is 23.6 Å². The van der Waals surface area contributed by atoms with Crippen molar-refractivity contribution in [1.29, 1.82) is 0 Å². The first-order valence-electron chi connectivity index (χ1n) is 15.8. The molecule has 0 aliphatic heterocycles. The van der Waals surface area contributed by atoms with Crippen molar-refractivity contribution in [2.75, 3.05) is 6.61 Å². The van der Waals surface area contributed by atoms with Gasteiger partial charge in [-0.25, -0.2) is 4.85 Å². The minimum absolute atomic E-state index is 0.0685. The Morgan fingerprint density at radius 1 is 1.09 bits per heavy atom. The van der Waals surface area contributed by atoms with E-state index in [1.165, 1.54) is 6.92 Å². The standard InChI is InChI=1S/C35H45N3O5/c1-20-37-29(43-38-20)35-14-12-30(3,4)17-22(35)27-24(40)16-26-31(5)18-23(36-9)28(41)32(6,19-42-21(2)39)25(31)10-11-33(26,7)34(27,8)13-15-35/h16,18,22,25,27H,10-15,17,19H2,1-8H3/t22-,25+,27-,31-,32-,33+,34+,35-/m0/s1. The molecule has 5 aliphatic rings. The molecule has 6 rings (SSSR count). The van der Waals surface area contributed by atoms with Crippen molar-refractivity contribution in [3.05, 3.63) is 46.6 Å². The average Bonchev–Trinajstić information content (AvgIpc) is 3.37. The number of hydrogen-bond donors (Lipinski definition) is 0. The normalized spacial score (nSPS) is 43.2. The molecule has 3 fully saturated rings. The van der Waals surface area contributed by atoms with E-state index in [1.54, 1.807) is 0 Å². The lowest BCUT2D eigenvalue weighted by Gasteiger charge is -2.69. The fourth-order valence-electron chi connectivity index (χ4n) is 10.7. The highest BCUT2D eigenvalue weighted by molar-refractivity contribution is 6.03. The van der Waals surface area contributed by atoms with Gasteiger partial charge in [0.2, 0.25) is 11.6 Å². The van der Waals surface area contributed by atoms with E-state index in [9.17, 15) is 14.4 Å². The highest BCUT2D eigenvalue weighted by Crippen LogP contribution is 2.74. The molecule has 1 heterocycles. The zero-order chi connectivity index (χ0) is 31.4. The van der Waals surface area contributed by atoms with Gasteiger partial charge in [-0.1, -0.05) is 58.3 Å². The van der Waals surface area contributed by atoms with Crippen molar-refractivity contribution in [3.8, 4) is 0 Å². The van der Waals surface area contributed by atoms with Gasteiger partial charge in [0, 0.05) is 18.3 Å². The van der Waals surface area contributed by atoms with Crippen molar-refractivity contribution in [2.45, 2.75) is 106 Å². The Kier molecular flexibility index (Phi) is 6.42. The fraction of sp³-hybridized carbons (Fsp3) is 0.714. The number of aryl methyl sites for hydroxylation is 1. The SMILES string of the molecule is [C-]#[N+]C1=C[C@]2(C)C3=CC(=O)[C@@H]4[C@@H]5CC(C)(C)CC[C@]5(c5nc(C)no5)CC[C@@]4(C)[C@]3(C)CC[C@H]2[C@](C)(COC(C)=O)C1=O. The average molecular weight is 588 g/mol. The number of rotatable bonds is 3. The molecule has 0 aromatic carbocycles. The van der Waals surface area contributed by atoms with Crippen LogP contribution in [0.2, 0.25) is 0 Å². The van der Waals surface area contributed by atoms with Crippen molar-refractivity contribution in [2.24, 2.45) is 44.8 Å². The van der Waals surface area contributed by atoms with Crippen LogP contribution in [0.15, 0.2) is 27.9 Å². The minimum atomic E-state index is -1.05. The van der Waals surface area contributed by atoms with Crippen LogP contribution < -0.4 is 0 Å². The Bertz CT molecular complexity index is 1530. The third-order valence-corrected chi connectivity index (χ3v) is 13.2. The third kappa shape index (κ3) is 3.88. The molecule has 1 aromatic heterocycles. The molecule has 8 atom stereocenters. The Morgan fingerprint density at radius 2 is 1.79 bits per heavy atom. The molecular weight excluding hydrogens is 542 g/mol. The zero-order valence-electron chi connectivity index (χ0n) is 26.9. The summed E-state index contributed by atoms with van der Waals surface area (Å²) in [5.74, 6) is 0.385. The van der Waals surface area contributed by atoms with Crippen molar-refractivity contribution in [1.82, 2.24) is 10.1 Å². The first-order valence-corrected chi connectivity index (χ1v) is 15.8.